The highest BCUT2D eigenvalue weighted by atomic mass is 35.5. The van der Waals surface area contributed by atoms with E-state index in [1.165, 1.54) is 11.3 Å². The number of rotatable bonds is 6. The van der Waals surface area contributed by atoms with Crippen LogP contribution in [-0.2, 0) is 13.0 Å². The van der Waals surface area contributed by atoms with Gasteiger partial charge in [-0.2, -0.15) is 0 Å². The lowest BCUT2D eigenvalue weighted by molar-refractivity contribution is 0.0948. The number of carbonyl (C=O) groups is 1. The molecule has 0 unspecified atom stereocenters. The average molecular weight is 338 g/mol. The van der Waals surface area contributed by atoms with Crippen LogP contribution in [0.4, 0.5) is 0 Å². The average Bonchev–Trinajstić information content (AvgIpc) is 3.00. The van der Waals surface area contributed by atoms with Gasteiger partial charge in [0.2, 0.25) is 0 Å². The number of thiazole rings is 1. The molecule has 0 spiro atoms. The second-order valence-corrected chi connectivity index (χ2v) is 4.66. The van der Waals surface area contributed by atoms with Crippen molar-refractivity contribution >= 4 is 42.1 Å². The minimum absolute atomic E-state index is 0. The maximum absolute atomic E-state index is 11.8. The van der Waals surface area contributed by atoms with Gasteiger partial charge in [0.1, 0.15) is 5.69 Å². The molecule has 0 aliphatic rings. The Kier molecular flexibility index (Phi) is 9.15. The fourth-order valence-electron chi connectivity index (χ4n) is 1.46. The molecule has 0 aliphatic carbocycles. The van der Waals surface area contributed by atoms with E-state index in [1.807, 2.05) is 10.8 Å². The monoisotopic (exact) mass is 337 g/mol. The topological polar surface area (TPSA) is 85.8 Å². The fraction of sp³-hybridized carbons (Fsp3) is 0.364. The molecule has 0 saturated heterocycles. The van der Waals surface area contributed by atoms with Crippen molar-refractivity contribution in [3.8, 4) is 0 Å². The number of aromatic nitrogens is 3. The zero-order chi connectivity index (χ0) is 12.8. The summed E-state index contributed by atoms with van der Waals surface area (Å²) in [5, 5.41) is 5.48. The van der Waals surface area contributed by atoms with Crippen molar-refractivity contribution in [2.45, 2.75) is 13.0 Å². The van der Waals surface area contributed by atoms with Crippen LogP contribution in [0.5, 0.6) is 0 Å². The van der Waals surface area contributed by atoms with E-state index >= 15 is 0 Å². The number of halogens is 2. The summed E-state index contributed by atoms with van der Waals surface area (Å²) in [7, 11) is 0. The van der Waals surface area contributed by atoms with E-state index in [-0.39, 0.29) is 30.7 Å². The van der Waals surface area contributed by atoms with Crippen LogP contribution < -0.4 is 11.1 Å². The lowest BCUT2D eigenvalue weighted by Gasteiger charge is -2.03. The molecule has 0 aromatic carbocycles. The predicted molar refractivity (Wildman–Crippen MR) is 83.9 cm³/mol. The largest absolute Gasteiger partial charge is 0.349 e. The normalized spacial score (nSPS) is 9.45. The van der Waals surface area contributed by atoms with Gasteiger partial charge in [-0.25, -0.2) is 9.97 Å². The van der Waals surface area contributed by atoms with Crippen LogP contribution in [0.2, 0.25) is 0 Å². The lowest BCUT2D eigenvalue weighted by atomic mass is 10.4. The van der Waals surface area contributed by atoms with Crippen LogP contribution >= 0.6 is 36.2 Å². The number of nitrogens with one attached hydrogen (secondary N) is 1. The Morgan fingerprint density at radius 3 is 2.90 bits per heavy atom. The molecule has 0 fully saturated rings. The van der Waals surface area contributed by atoms with E-state index < -0.39 is 0 Å². The molecule has 9 heteroatoms. The van der Waals surface area contributed by atoms with Crippen LogP contribution in [0, 0.1) is 0 Å². The van der Waals surface area contributed by atoms with Crippen molar-refractivity contribution in [1.82, 2.24) is 19.9 Å². The smallest absolute Gasteiger partial charge is 0.270 e. The summed E-state index contributed by atoms with van der Waals surface area (Å²) in [4.78, 5) is 19.9. The number of amides is 1. The van der Waals surface area contributed by atoms with Crippen molar-refractivity contribution in [3.63, 3.8) is 0 Å². The van der Waals surface area contributed by atoms with E-state index in [4.69, 9.17) is 5.73 Å². The maximum Gasteiger partial charge on any atom is 0.270 e. The fourth-order valence-corrected chi connectivity index (χ4v) is 2.26. The standard InChI is InChI=1S/C11H15N5OS.2ClH/c12-2-1-10-15-9(7-18-10)11(17)14-4-6-16-5-3-13-8-16;;/h3,5,7-8H,1-2,4,6,12H2,(H,14,17);2*1H. The number of hydrogen-bond acceptors (Lipinski definition) is 5. The Balaban J connectivity index is 0.00000180. The van der Waals surface area contributed by atoms with Crippen molar-refractivity contribution in [3.05, 3.63) is 34.8 Å². The Bertz CT molecular complexity index is 503. The van der Waals surface area contributed by atoms with Gasteiger partial charge < -0.3 is 15.6 Å². The van der Waals surface area contributed by atoms with Crippen LogP contribution in [-0.4, -0.2) is 33.5 Å². The summed E-state index contributed by atoms with van der Waals surface area (Å²) in [5.74, 6) is -0.144. The summed E-state index contributed by atoms with van der Waals surface area (Å²) in [5.41, 5.74) is 5.90. The molecule has 2 heterocycles. The number of imidazole rings is 1. The number of nitrogens with two attached hydrogens (primary N) is 1. The molecule has 20 heavy (non-hydrogen) atoms. The molecule has 0 atom stereocenters. The first kappa shape index (κ1) is 18.9. The minimum atomic E-state index is -0.144. The number of nitrogens with zero attached hydrogens (tertiary/aromatic N) is 3. The van der Waals surface area contributed by atoms with E-state index in [9.17, 15) is 4.79 Å². The molecular formula is C11H17Cl2N5OS. The molecule has 0 aliphatic heterocycles. The third-order valence-corrected chi connectivity index (χ3v) is 3.27. The SMILES string of the molecule is Cl.Cl.NCCc1nc(C(=O)NCCn2ccnc2)cs1. The predicted octanol–water partition coefficient (Wildman–Crippen LogP) is 1.11. The van der Waals surface area contributed by atoms with Gasteiger partial charge in [-0.15, -0.1) is 36.2 Å². The minimum Gasteiger partial charge on any atom is -0.349 e. The van der Waals surface area contributed by atoms with Crippen LogP contribution in [0.25, 0.3) is 0 Å². The van der Waals surface area contributed by atoms with Gasteiger partial charge in [-0.1, -0.05) is 0 Å². The van der Waals surface area contributed by atoms with Crippen molar-refractivity contribution in [2.75, 3.05) is 13.1 Å². The van der Waals surface area contributed by atoms with E-state index in [0.717, 1.165) is 5.01 Å². The molecule has 2 aromatic heterocycles. The van der Waals surface area contributed by atoms with E-state index in [2.05, 4.69) is 15.3 Å². The number of hydrogen-bond donors (Lipinski definition) is 2. The highest BCUT2D eigenvalue weighted by Gasteiger charge is 2.09. The van der Waals surface area contributed by atoms with Crippen molar-refractivity contribution < 1.29 is 4.79 Å². The van der Waals surface area contributed by atoms with Crippen LogP contribution in [0.3, 0.4) is 0 Å². The zero-order valence-electron chi connectivity index (χ0n) is 10.7. The third-order valence-electron chi connectivity index (χ3n) is 2.36. The van der Waals surface area contributed by atoms with E-state index in [1.54, 1.807) is 17.9 Å². The van der Waals surface area contributed by atoms with Gasteiger partial charge in [0.15, 0.2) is 0 Å². The second-order valence-electron chi connectivity index (χ2n) is 3.72. The summed E-state index contributed by atoms with van der Waals surface area (Å²) in [6, 6.07) is 0. The van der Waals surface area contributed by atoms with Crippen LogP contribution in [0.15, 0.2) is 24.1 Å². The summed E-state index contributed by atoms with van der Waals surface area (Å²) in [6.45, 7) is 1.81. The summed E-state index contributed by atoms with van der Waals surface area (Å²) >= 11 is 1.47. The Hall–Kier alpha value is -1.15. The van der Waals surface area contributed by atoms with Crippen molar-refractivity contribution in [1.29, 1.82) is 0 Å². The van der Waals surface area contributed by atoms with Gasteiger partial charge >= 0.3 is 0 Å². The number of carbonyl (C=O) groups excluding carboxylic acids is 1. The zero-order valence-corrected chi connectivity index (χ0v) is 13.1. The lowest BCUT2D eigenvalue weighted by Crippen LogP contribution is -2.27. The molecule has 2 rings (SSSR count). The third kappa shape index (κ3) is 5.46. The van der Waals surface area contributed by atoms with Gasteiger partial charge in [-0.05, 0) is 6.54 Å². The van der Waals surface area contributed by atoms with Crippen LogP contribution in [0.1, 0.15) is 15.5 Å². The molecule has 3 N–H and O–H groups in total. The maximum atomic E-state index is 11.8. The first-order valence-corrected chi connectivity index (χ1v) is 6.56. The summed E-state index contributed by atoms with van der Waals surface area (Å²) in [6.07, 6.45) is 6.00. The highest BCUT2D eigenvalue weighted by molar-refractivity contribution is 7.09. The van der Waals surface area contributed by atoms with E-state index in [0.29, 0.717) is 31.7 Å². The van der Waals surface area contributed by atoms with Gasteiger partial charge in [0, 0.05) is 37.3 Å². The van der Waals surface area contributed by atoms with Gasteiger partial charge in [0.05, 0.1) is 11.3 Å². The summed E-state index contributed by atoms with van der Waals surface area (Å²) < 4.78 is 1.90. The highest BCUT2D eigenvalue weighted by Crippen LogP contribution is 2.09. The molecule has 0 radical (unpaired) electrons. The first-order chi connectivity index (χ1) is 8.79. The van der Waals surface area contributed by atoms with Gasteiger partial charge in [-0.3, -0.25) is 4.79 Å². The Morgan fingerprint density at radius 2 is 2.25 bits per heavy atom. The molecule has 0 saturated carbocycles. The Morgan fingerprint density at radius 1 is 1.45 bits per heavy atom. The Labute approximate surface area is 133 Å². The second kappa shape index (κ2) is 9.71. The van der Waals surface area contributed by atoms with Crippen molar-refractivity contribution in [2.24, 2.45) is 5.73 Å². The molecule has 1 amide bonds. The molecular weight excluding hydrogens is 321 g/mol. The molecule has 6 nitrogen and oxygen atoms in total. The van der Waals surface area contributed by atoms with Gasteiger partial charge in [0.25, 0.3) is 5.91 Å². The molecule has 0 bridgehead atoms. The first-order valence-electron chi connectivity index (χ1n) is 5.68. The molecule has 112 valence electrons. The quantitative estimate of drug-likeness (QED) is 0.826. The molecule has 2 aromatic rings.